The first kappa shape index (κ1) is 21.5. The second kappa shape index (κ2) is 8.05. The normalized spacial score (nSPS) is 26.1. The van der Waals surface area contributed by atoms with Gasteiger partial charge in [-0.15, -0.1) is 11.3 Å². The number of carbonyl (C=O) groups is 2. The minimum Gasteiger partial charge on any atom is -0.454 e. The van der Waals surface area contributed by atoms with Crippen LogP contribution in [0.1, 0.15) is 55.6 Å². The van der Waals surface area contributed by atoms with Gasteiger partial charge in [-0.25, -0.2) is 0 Å². The summed E-state index contributed by atoms with van der Waals surface area (Å²) in [5.41, 5.74) is 1.54. The van der Waals surface area contributed by atoms with Crippen molar-refractivity contribution in [1.82, 2.24) is 14.8 Å². The summed E-state index contributed by atoms with van der Waals surface area (Å²) in [6, 6.07) is 9.85. The Morgan fingerprint density at radius 1 is 1.18 bits per heavy atom. The molecule has 178 valence electrons. The summed E-state index contributed by atoms with van der Waals surface area (Å²) in [4.78, 5) is 29.5. The summed E-state index contributed by atoms with van der Waals surface area (Å²) in [7, 11) is 0. The van der Waals surface area contributed by atoms with Gasteiger partial charge in [0.1, 0.15) is 11.2 Å². The number of thiophene rings is 1. The molecule has 6 rings (SSSR count). The van der Waals surface area contributed by atoms with Crippen LogP contribution >= 0.6 is 11.3 Å². The van der Waals surface area contributed by atoms with Crippen LogP contribution in [0, 0.1) is 5.92 Å². The lowest BCUT2D eigenvalue weighted by molar-refractivity contribution is -0.134. The number of hydrogen-bond acceptors (Lipinski definition) is 5. The molecule has 34 heavy (non-hydrogen) atoms. The molecule has 0 unspecified atom stereocenters. The fourth-order valence-corrected chi connectivity index (χ4v) is 6.42. The Balaban J connectivity index is 1.37. The second-order valence-electron chi connectivity index (χ2n) is 9.98. The summed E-state index contributed by atoms with van der Waals surface area (Å²) in [6.45, 7) is 5.05. The molecule has 1 saturated carbocycles. The zero-order valence-electron chi connectivity index (χ0n) is 19.5. The van der Waals surface area contributed by atoms with Crippen LogP contribution in [0.4, 0.5) is 0 Å². The van der Waals surface area contributed by atoms with Crippen LogP contribution in [-0.2, 0) is 17.9 Å². The van der Waals surface area contributed by atoms with Crippen molar-refractivity contribution in [2.45, 2.75) is 64.2 Å². The number of benzene rings is 1. The molecule has 0 spiro atoms. The van der Waals surface area contributed by atoms with Gasteiger partial charge in [-0.3, -0.25) is 9.59 Å². The molecule has 8 heteroatoms. The van der Waals surface area contributed by atoms with E-state index in [1.54, 1.807) is 16.2 Å². The molecule has 0 bridgehead atoms. The second-order valence-corrected chi connectivity index (χ2v) is 10.9. The molecule has 2 aliphatic heterocycles. The van der Waals surface area contributed by atoms with Crippen molar-refractivity contribution in [3.05, 3.63) is 47.0 Å². The molecule has 2 amide bonds. The number of amides is 2. The third-order valence-corrected chi connectivity index (χ3v) is 8.60. The van der Waals surface area contributed by atoms with Crippen molar-refractivity contribution in [2.75, 3.05) is 6.79 Å². The lowest BCUT2D eigenvalue weighted by Gasteiger charge is -2.45. The van der Waals surface area contributed by atoms with E-state index in [1.165, 1.54) is 6.42 Å². The van der Waals surface area contributed by atoms with E-state index < -0.39 is 5.54 Å². The minimum atomic E-state index is -1.02. The van der Waals surface area contributed by atoms with Crippen molar-refractivity contribution in [3.63, 3.8) is 0 Å². The third-order valence-electron chi connectivity index (χ3n) is 7.74. The monoisotopic (exact) mass is 479 g/mol. The highest BCUT2D eigenvalue weighted by molar-refractivity contribution is 7.17. The number of nitrogens with one attached hydrogen (secondary N) is 1. The molecule has 7 nitrogen and oxygen atoms in total. The van der Waals surface area contributed by atoms with Crippen LogP contribution < -0.4 is 14.8 Å². The summed E-state index contributed by atoms with van der Waals surface area (Å²) >= 11 is 1.62. The molecule has 3 atom stereocenters. The van der Waals surface area contributed by atoms with E-state index >= 15 is 0 Å². The predicted octanol–water partition coefficient (Wildman–Crippen LogP) is 4.54. The quantitative estimate of drug-likeness (QED) is 0.596. The minimum absolute atomic E-state index is 0.0805. The Kier molecular flexibility index (Phi) is 5.09. The highest BCUT2D eigenvalue weighted by Crippen LogP contribution is 2.38. The van der Waals surface area contributed by atoms with E-state index in [4.69, 9.17) is 9.47 Å². The number of fused-ring (bicyclic) bond motifs is 4. The molecule has 0 radical (unpaired) electrons. The SMILES string of the molecule is C[C@@H]1CCCC[C@@H]1NC(=O)[C@@]1(C)Cn2c(cc3sccc32)C(=O)N1Cc1ccc2c(c1)OCO2. The molecule has 1 aromatic carbocycles. The number of ether oxygens (including phenoxy) is 2. The first-order chi connectivity index (χ1) is 16.4. The van der Waals surface area contributed by atoms with Crippen molar-refractivity contribution in [2.24, 2.45) is 5.92 Å². The van der Waals surface area contributed by atoms with Gasteiger partial charge >= 0.3 is 0 Å². The van der Waals surface area contributed by atoms with Gasteiger partial charge in [-0.05, 0) is 60.9 Å². The highest BCUT2D eigenvalue weighted by Gasteiger charge is 2.48. The average molecular weight is 480 g/mol. The fourth-order valence-electron chi connectivity index (χ4n) is 5.60. The maximum atomic E-state index is 13.9. The van der Waals surface area contributed by atoms with Crippen molar-refractivity contribution in [3.8, 4) is 11.5 Å². The molecule has 4 heterocycles. The van der Waals surface area contributed by atoms with Gasteiger partial charge in [0.2, 0.25) is 12.7 Å². The number of carbonyl (C=O) groups excluding carboxylic acids is 2. The van der Waals surface area contributed by atoms with Crippen LogP contribution in [-0.4, -0.2) is 39.7 Å². The standard InChI is InChI=1S/C26H29N3O4S/c1-16-5-3-4-6-18(16)27-25(31)26(2)14-28-19-9-10-34-23(19)12-20(28)24(30)29(26)13-17-7-8-21-22(11-17)33-15-32-21/h7-12,16,18H,3-6,13-15H2,1-2H3,(H,27,31)/t16-,18+,26-/m1/s1. The van der Waals surface area contributed by atoms with Gasteiger partial charge in [0.25, 0.3) is 5.91 Å². The molecule has 2 aromatic heterocycles. The summed E-state index contributed by atoms with van der Waals surface area (Å²) in [6.07, 6.45) is 4.45. The molecule has 1 fully saturated rings. The van der Waals surface area contributed by atoms with Crippen molar-refractivity contribution >= 4 is 33.4 Å². The lowest BCUT2D eigenvalue weighted by atomic mass is 9.85. The van der Waals surface area contributed by atoms with Crippen LogP contribution in [0.15, 0.2) is 35.7 Å². The largest absolute Gasteiger partial charge is 0.454 e. The van der Waals surface area contributed by atoms with Gasteiger partial charge < -0.3 is 24.3 Å². The van der Waals surface area contributed by atoms with Crippen LogP contribution in [0.3, 0.4) is 0 Å². The van der Waals surface area contributed by atoms with Gasteiger partial charge in [-0.2, -0.15) is 0 Å². The highest BCUT2D eigenvalue weighted by atomic mass is 32.1. The Morgan fingerprint density at radius 2 is 2.00 bits per heavy atom. The number of rotatable bonds is 4. The molecular weight excluding hydrogens is 450 g/mol. The number of nitrogens with zero attached hydrogens (tertiary/aromatic N) is 2. The van der Waals surface area contributed by atoms with Gasteiger partial charge in [0, 0.05) is 12.6 Å². The summed E-state index contributed by atoms with van der Waals surface area (Å²) in [5, 5.41) is 5.36. The maximum absolute atomic E-state index is 13.9. The smallest absolute Gasteiger partial charge is 0.271 e. The predicted molar refractivity (Wildman–Crippen MR) is 130 cm³/mol. The Hall–Kier alpha value is -3.00. The Bertz CT molecular complexity index is 1280. The summed E-state index contributed by atoms with van der Waals surface area (Å²) in [5.74, 6) is 1.61. The van der Waals surface area contributed by atoms with Gasteiger partial charge in [0.15, 0.2) is 11.5 Å². The molecule has 1 N–H and O–H groups in total. The van der Waals surface area contributed by atoms with Crippen LogP contribution in [0.5, 0.6) is 11.5 Å². The summed E-state index contributed by atoms with van der Waals surface area (Å²) < 4.78 is 14.1. The van der Waals surface area contributed by atoms with E-state index in [0.717, 1.165) is 35.0 Å². The topological polar surface area (TPSA) is 72.8 Å². The molecular formula is C26H29N3O4S. The van der Waals surface area contributed by atoms with E-state index in [9.17, 15) is 9.59 Å². The molecule has 3 aliphatic rings. The molecule has 0 saturated heterocycles. The maximum Gasteiger partial charge on any atom is 0.271 e. The van der Waals surface area contributed by atoms with E-state index in [0.29, 0.717) is 36.2 Å². The van der Waals surface area contributed by atoms with E-state index in [-0.39, 0.29) is 24.6 Å². The Labute approximate surface area is 202 Å². The van der Waals surface area contributed by atoms with Crippen LogP contribution in [0.25, 0.3) is 10.2 Å². The van der Waals surface area contributed by atoms with E-state index in [1.807, 2.05) is 47.2 Å². The fraction of sp³-hybridized carbons (Fsp3) is 0.462. The van der Waals surface area contributed by atoms with E-state index in [2.05, 4.69) is 12.2 Å². The first-order valence-electron chi connectivity index (χ1n) is 12.0. The van der Waals surface area contributed by atoms with Gasteiger partial charge in [-0.1, -0.05) is 25.8 Å². The molecule has 3 aromatic rings. The zero-order valence-corrected chi connectivity index (χ0v) is 20.3. The van der Waals surface area contributed by atoms with Gasteiger partial charge in [0.05, 0.1) is 16.8 Å². The van der Waals surface area contributed by atoms with Crippen molar-refractivity contribution < 1.29 is 19.1 Å². The zero-order chi connectivity index (χ0) is 23.4. The number of aromatic nitrogens is 1. The Morgan fingerprint density at radius 3 is 2.85 bits per heavy atom. The first-order valence-corrected chi connectivity index (χ1v) is 12.9. The van der Waals surface area contributed by atoms with Crippen LogP contribution in [0.2, 0.25) is 0 Å². The third kappa shape index (κ3) is 3.38. The number of hydrogen-bond donors (Lipinski definition) is 1. The average Bonchev–Trinajstić information content (AvgIpc) is 3.55. The van der Waals surface area contributed by atoms with Crippen molar-refractivity contribution in [1.29, 1.82) is 0 Å². The lowest BCUT2D eigenvalue weighted by Crippen LogP contribution is -2.65. The molecule has 1 aliphatic carbocycles.